The van der Waals surface area contributed by atoms with Gasteiger partial charge in [-0.25, -0.2) is 4.68 Å². The zero-order valence-electron chi connectivity index (χ0n) is 13.2. The molecule has 23 heavy (non-hydrogen) atoms. The number of carbonyl (C=O) groups is 1. The largest absolute Gasteiger partial charge is 0.334 e. The summed E-state index contributed by atoms with van der Waals surface area (Å²) in [5.74, 6) is 0.0194. The van der Waals surface area contributed by atoms with Gasteiger partial charge in [-0.05, 0) is 44.4 Å². The Labute approximate surface area is 141 Å². The predicted octanol–water partition coefficient (Wildman–Crippen LogP) is 2.79. The van der Waals surface area contributed by atoms with Gasteiger partial charge in [0, 0.05) is 24.2 Å². The number of rotatable bonds is 3. The Hall–Kier alpha value is -1.85. The molecule has 1 saturated heterocycles. The van der Waals surface area contributed by atoms with E-state index in [-0.39, 0.29) is 11.9 Å². The van der Waals surface area contributed by atoms with E-state index in [4.69, 9.17) is 17.3 Å². The zero-order chi connectivity index (χ0) is 16.4. The van der Waals surface area contributed by atoms with Crippen LogP contribution >= 0.6 is 11.6 Å². The van der Waals surface area contributed by atoms with Crippen molar-refractivity contribution >= 4 is 17.5 Å². The van der Waals surface area contributed by atoms with Crippen LogP contribution in [0.25, 0.3) is 5.69 Å². The van der Waals surface area contributed by atoms with Gasteiger partial charge in [0.15, 0.2) is 0 Å². The minimum Gasteiger partial charge on any atom is -0.334 e. The van der Waals surface area contributed by atoms with Gasteiger partial charge in [-0.15, -0.1) is 0 Å². The Morgan fingerprint density at radius 3 is 3.00 bits per heavy atom. The van der Waals surface area contributed by atoms with E-state index in [1.807, 2.05) is 36.1 Å². The lowest BCUT2D eigenvalue weighted by Gasteiger charge is -2.35. The third-order valence-corrected chi connectivity index (χ3v) is 4.69. The molecule has 0 bridgehead atoms. The SMILES string of the molecule is Cc1c(C(=O)N2CCCCC2CN)cnn1-c1cccc(Cl)c1. The first kappa shape index (κ1) is 16.0. The number of halogens is 1. The number of aromatic nitrogens is 2. The van der Waals surface area contributed by atoms with Gasteiger partial charge in [0.05, 0.1) is 23.1 Å². The van der Waals surface area contributed by atoms with E-state index in [0.717, 1.165) is 37.2 Å². The number of amides is 1. The lowest BCUT2D eigenvalue weighted by molar-refractivity contribution is 0.0622. The molecule has 0 aliphatic carbocycles. The maximum Gasteiger partial charge on any atom is 0.257 e. The molecule has 1 fully saturated rings. The van der Waals surface area contributed by atoms with E-state index in [2.05, 4.69) is 5.10 Å². The van der Waals surface area contributed by atoms with Gasteiger partial charge in [0.25, 0.3) is 5.91 Å². The highest BCUT2D eigenvalue weighted by Gasteiger charge is 2.28. The van der Waals surface area contributed by atoms with Crippen LogP contribution in [-0.4, -0.2) is 39.7 Å². The molecule has 0 spiro atoms. The fourth-order valence-corrected chi connectivity index (χ4v) is 3.34. The van der Waals surface area contributed by atoms with Crippen LogP contribution in [-0.2, 0) is 0 Å². The first-order valence-corrected chi connectivity index (χ1v) is 8.31. The molecule has 2 heterocycles. The zero-order valence-corrected chi connectivity index (χ0v) is 14.0. The quantitative estimate of drug-likeness (QED) is 0.940. The second-order valence-corrected chi connectivity index (χ2v) is 6.36. The summed E-state index contributed by atoms with van der Waals surface area (Å²) >= 11 is 6.05. The molecular formula is C17H21ClN4O. The monoisotopic (exact) mass is 332 g/mol. The Bertz CT molecular complexity index is 712. The Kier molecular flexibility index (Phi) is 4.68. The summed E-state index contributed by atoms with van der Waals surface area (Å²) in [4.78, 5) is 14.8. The number of benzene rings is 1. The van der Waals surface area contributed by atoms with Crippen molar-refractivity contribution in [3.8, 4) is 5.69 Å². The molecule has 1 atom stereocenters. The van der Waals surface area contributed by atoms with Crippen molar-refractivity contribution in [3.05, 3.63) is 46.7 Å². The number of carbonyl (C=O) groups excluding carboxylic acids is 1. The number of piperidine rings is 1. The number of hydrogen-bond donors (Lipinski definition) is 1. The van der Waals surface area contributed by atoms with Gasteiger partial charge in [0.2, 0.25) is 0 Å². The molecular weight excluding hydrogens is 312 g/mol. The highest BCUT2D eigenvalue weighted by Crippen LogP contribution is 2.22. The second kappa shape index (κ2) is 6.72. The fraction of sp³-hybridized carbons (Fsp3) is 0.412. The Morgan fingerprint density at radius 2 is 2.26 bits per heavy atom. The Balaban J connectivity index is 1.91. The van der Waals surface area contributed by atoms with E-state index >= 15 is 0 Å². The highest BCUT2D eigenvalue weighted by atomic mass is 35.5. The van der Waals surface area contributed by atoms with E-state index in [9.17, 15) is 4.79 Å². The predicted molar refractivity (Wildman–Crippen MR) is 91.0 cm³/mol. The molecule has 6 heteroatoms. The van der Waals surface area contributed by atoms with E-state index in [1.165, 1.54) is 0 Å². The molecule has 1 amide bonds. The molecule has 1 aliphatic heterocycles. The summed E-state index contributed by atoms with van der Waals surface area (Å²) in [5, 5.41) is 5.02. The number of likely N-dealkylation sites (tertiary alicyclic amines) is 1. The molecule has 1 aliphatic rings. The summed E-state index contributed by atoms with van der Waals surface area (Å²) in [7, 11) is 0. The molecule has 5 nitrogen and oxygen atoms in total. The van der Waals surface area contributed by atoms with Crippen molar-refractivity contribution in [1.29, 1.82) is 0 Å². The number of nitrogens with zero attached hydrogens (tertiary/aromatic N) is 3. The summed E-state index contributed by atoms with van der Waals surface area (Å²) in [6.07, 6.45) is 4.78. The van der Waals surface area contributed by atoms with Crippen molar-refractivity contribution in [1.82, 2.24) is 14.7 Å². The van der Waals surface area contributed by atoms with Crippen LogP contribution in [0.5, 0.6) is 0 Å². The van der Waals surface area contributed by atoms with Gasteiger partial charge in [-0.3, -0.25) is 4.79 Å². The van der Waals surface area contributed by atoms with Crippen LogP contribution in [0, 0.1) is 6.92 Å². The van der Waals surface area contributed by atoms with Crippen molar-refractivity contribution in [3.63, 3.8) is 0 Å². The van der Waals surface area contributed by atoms with Crippen LogP contribution in [0.1, 0.15) is 35.3 Å². The normalized spacial score (nSPS) is 18.2. The maximum atomic E-state index is 12.9. The average Bonchev–Trinajstić information content (AvgIpc) is 2.95. The van der Waals surface area contributed by atoms with Crippen LogP contribution in [0.2, 0.25) is 5.02 Å². The van der Waals surface area contributed by atoms with E-state index in [1.54, 1.807) is 10.9 Å². The van der Waals surface area contributed by atoms with E-state index < -0.39 is 0 Å². The van der Waals surface area contributed by atoms with Crippen molar-refractivity contribution in [2.45, 2.75) is 32.2 Å². The Morgan fingerprint density at radius 1 is 1.43 bits per heavy atom. The molecule has 2 N–H and O–H groups in total. The third kappa shape index (κ3) is 3.12. The summed E-state index contributed by atoms with van der Waals surface area (Å²) in [6.45, 7) is 3.18. The summed E-state index contributed by atoms with van der Waals surface area (Å²) in [6, 6.07) is 7.57. The molecule has 122 valence electrons. The number of hydrogen-bond acceptors (Lipinski definition) is 3. The minimum atomic E-state index is 0.0194. The van der Waals surface area contributed by atoms with Crippen LogP contribution in [0.3, 0.4) is 0 Å². The lowest BCUT2D eigenvalue weighted by Crippen LogP contribution is -2.47. The first-order chi connectivity index (χ1) is 11.1. The topological polar surface area (TPSA) is 64.2 Å². The second-order valence-electron chi connectivity index (χ2n) is 5.92. The number of nitrogens with two attached hydrogens (primary N) is 1. The molecule has 0 radical (unpaired) electrons. The minimum absolute atomic E-state index is 0.0194. The van der Waals surface area contributed by atoms with Gasteiger partial charge < -0.3 is 10.6 Å². The molecule has 1 aromatic carbocycles. The maximum absolute atomic E-state index is 12.9. The van der Waals surface area contributed by atoms with Gasteiger partial charge >= 0.3 is 0 Å². The smallest absolute Gasteiger partial charge is 0.257 e. The van der Waals surface area contributed by atoms with Crippen LogP contribution in [0.4, 0.5) is 0 Å². The third-order valence-electron chi connectivity index (χ3n) is 4.45. The summed E-state index contributed by atoms with van der Waals surface area (Å²) in [5.41, 5.74) is 8.13. The van der Waals surface area contributed by atoms with E-state index in [0.29, 0.717) is 17.1 Å². The van der Waals surface area contributed by atoms with Crippen molar-refractivity contribution in [2.75, 3.05) is 13.1 Å². The van der Waals surface area contributed by atoms with Crippen molar-refractivity contribution in [2.24, 2.45) is 5.73 Å². The van der Waals surface area contributed by atoms with Crippen molar-refractivity contribution < 1.29 is 4.79 Å². The molecule has 1 unspecified atom stereocenters. The van der Waals surface area contributed by atoms with Crippen LogP contribution in [0.15, 0.2) is 30.5 Å². The fourth-order valence-electron chi connectivity index (χ4n) is 3.16. The lowest BCUT2D eigenvalue weighted by atomic mass is 10.0. The van der Waals surface area contributed by atoms with Crippen LogP contribution < -0.4 is 5.73 Å². The highest BCUT2D eigenvalue weighted by molar-refractivity contribution is 6.30. The molecule has 2 aromatic rings. The molecule has 1 aromatic heterocycles. The van der Waals surface area contributed by atoms with Gasteiger partial charge in [-0.1, -0.05) is 17.7 Å². The van der Waals surface area contributed by atoms with Gasteiger partial charge in [0.1, 0.15) is 0 Å². The molecule has 3 rings (SSSR count). The average molecular weight is 333 g/mol. The van der Waals surface area contributed by atoms with Gasteiger partial charge in [-0.2, -0.15) is 5.10 Å². The first-order valence-electron chi connectivity index (χ1n) is 7.93. The standard InChI is InChI=1S/C17H21ClN4O/c1-12-16(17(23)21-8-3-2-6-15(21)10-19)11-20-22(12)14-7-4-5-13(18)9-14/h4-5,7,9,11,15H,2-3,6,8,10,19H2,1H3. The summed E-state index contributed by atoms with van der Waals surface area (Å²) < 4.78 is 1.75. The molecule has 0 saturated carbocycles.